The predicted molar refractivity (Wildman–Crippen MR) is 103 cm³/mol. The molecule has 0 saturated carbocycles. The maximum absolute atomic E-state index is 11.4. The van der Waals surface area contributed by atoms with Crippen LogP contribution in [0.2, 0.25) is 0 Å². The molecule has 1 aliphatic rings. The average Bonchev–Trinajstić information content (AvgIpc) is 2.67. The van der Waals surface area contributed by atoms with Crippen LogP contribution in [0, 0.1) is 0 Å². The number of hydrogen-bond acceptors (Lipinski definition) is 8. The van der Waals surface area contributed by atoms with Crippen LogP contribution in [-0.2, 0) is 23.7 Å². The fourth-order valence-electron chi connectivity index (χ4n) is 2.75. The van der Waals surface area contributed by atoms with E-state index in [1.807, 2.05) is 0 Å². The molecule has 0 aromatic heterocycles. The molecule has 0 aromatic rings. The van der Waals surface area contributed by atoms with Crippen LogP contribution in [-0.4, -0.2) is 109 Å². The van der Waals surface area contributed by atoms with Crippen molar-refractivity contribution in [2.75, 3.05) is 92.9 Å². The second kappa shape index (κ2) is 17.3. The summed E-state index contributed by atoms with van der Waals surface area (Å²) in [5, 5.41) is 2.62. The summed E-state index contributed by atoms with van der Waals surface area (Å²) in [5.74, 6) is 0.0319. The Morgan fingerprint density at radius 2 is 1.52 bits per heavy atom. The summed E-state index contributed by atoms with van der Waals surface area (Å²) in [6.07, 6.45) is 2.32. The highest BCUT2D eigenvalue weighted by molar-refractivity contribution is 5.75. The first-order valence-electron chi connectivity index (χ1n) is 9.90. The van der Waals surface area contributed by atoms with Gasteiger partial charge >= 0.3 is 0 Å². The largest absolute Gasteiger partial charge is 0.385 e. The van der Waals surface area contributed by atoms with Crippen molar-refractivity contribution in [3.63, 3.8) is 0 Å². The van der Waals surface area contributed by atoms with Gasteiger partial charge in [-0.05, 0) is 19.4 Å². The predicted octanol–water partition coefficient (Wildman–Crippen LogP) is -0.540. The highest BCUT2D eigenvalue weighted by Crippen LogP contribution is 2.03. The van der Waals surface area contributed by atoms with Crippen LogP contribution >= 0.6 is 0 Å². The summed E-state index contributed by atoms with van der Waals surface area (Å²) in [4.78, 5) is 16.1. The fraction of sp³-hybridized carbons (Fsp3) is 0.944. The maximum Gasteiger partial charge on any atom is 0.221 e. The van der Waals surface area contributed by atoms with Gasteiger partial charge in [-0.2, -0.15) is 0 Å². The van der Waals surface area contributed by atoms with E-state index in [1.54, 1.807) is 7.11 Å². The second-order valence-corrected chi connectivity index (χ2v) is 6.48. The summed E-state index contributed by atoms with van der Waals surface area (Å²) in [6, 6.07) is 0. The van der Waals surface area contributed by atoms with Gasteiger partial charge in [0.05, 0.1) is 39.8 Å². The van der Waals surface area contributed by atoms with E-state index in [4.69, 9.17) is 24.7 Å². The number of nitrogens with zero attached hydrogens (tertiary/aromatic N) is 2. The molecule has 9 nitrogen and oxygen atoms in total. The molecule has 0 radical (unpaired) electrons. The van der Waals surface area contributed by atoms with Crippen LogP contribution in [0.15, 0.2) is 0 Å². The Kier molecular flexibility index (Phi) is 15.5. The van der Waals surface area contributed by atoms with Gasteiger partial charge in [-0.15, -0.1) is 0 Å². The number of carbonyl (C=O) groups excluding carboxylic acids is 1. The zero-order valence-corrected chi connectivity index (χ0v) is 16.8. The first-order valence-corrected chi connectivity index (χ1v) is 9.90. The van der Waals surface area contributed by atoms with Crippen LogP contribution < -0.4 is 11.1 Å². The first kappa shape index (κ1) is 24.2. The Bertz CT molecular complexity index is 355. The van der Waals surface area contributed by atoms with Gasteiger partial charge in [0.15, 0.2) is 0 Å². The molecule has 3 N–H and O–H groups in total. The molecular formula is C18H38N4O5. The smallest absolute Gasteiger partial charge is 0.221 e. The van der Waals surface area contributed by atoms with Crippen LogP contribution in [0.4, 0.5) is 0 Å². The zero-order valence-electron chi connectivity index (χ0n) is 16.8. The van der Waals surface area contributed by atoms with Crippen molar-refractivity contribution >= 4 is 5.91 Å². The number of ether oxygens (including phenoxy) is 4. The van der Waals surface area contributed by atoms with Crippen LogP contribution in [0.5, 0.6) is 0 Å². The highest BCUT2D eigenvalue weighted by Gasteiger charge is 2.16. The zero-order chi connectivity index (χ0) is 19.6. The molecule has 0 unspecified atom stereocenters. The highest BCUT2D eigenvalue weighted by atomic mass is 16.5. The summed E-state index contributed by atoms with van der Waals surface area (Å²) in [5.41, 5.74) is 5.28. The molecule has 1 aliphatic heterocycles. The third-order valence-electron chi connectivity index (χ3n) is 4.30. The van der Waals surface area contributed by atoms with Gasteiger partial charge in [-0.3, -0.25) is 9.69 Å². The third kappa shape index (κ3) is 13.9. The summed E-state index contributed by atoms with van der Waals surface area (Å²) in [6.45, 7) is 9.65. The van der Waals surface area contributed by atoms with Gasteiger partial charge in [0.2, 0.25) is 5.91 Å². The first-order chi connectivity index (χ1) is 13.3. The minimum atomic E-state index is 0.0319. The van der Waals surface area contributed by atoms with E-state index in [0.717, 1.165) is 52.2 Å². The Hall–Kier alpha value is -0.810. The van der Waals surface area contributed by atoms with Crippen molar-refractivity contribution in [1.82, 2.24) is 15.1 Å². The van der Waals surface area contributed by atoms with Crippen molar-refractivity contribution in [1.29, 1.82) is 0 Å². The van der Waals surface area contributed by atoms with E-state index in [9.17, 15) is 4.79 Å². The van der Waals surface area contributed by atoms with Crippen molar-refractivity contribution in [3.05, 3.63) is 0 Å². The van der Waals surface area contributed by atoms with Gasteiger partial charge < -0.3 is 34.9 Å². The van der Waals surface area contributed by atoms with Crippen molar-refractivity contribution in [2.24, 2.45) is 5.73 Å². The van der Waals surface area contributed by atoms with Crippen LogP contribution in [0.25, 0.3) is 0 Å². The normalized spacial score (nSPS) is 15.9. The molecule has 27 heavy (non-hydrogen) atoms. The standard InChI is InChI=1S/C18H38N4O5/c1-24-10-3-11-25-12-13-26-14-15-27-17-22-8-6-21(7-9-22)5-2-4-18(23)20-16-19/h2-17,19H2,1H3,(H,20,23). The topological polar surface area (TPSA) is 98.5 Å². The van der Waals surface area contributed by atoms with Gasteiger partial charge in [0.1, 0.15) is 0 Å². The van der Waals surface area contributed by atoms with Crippen molar-refractivity contribution in [3.8, 4) is 0 Å². The lowest BCUT2D eigenvalue weighted by atomic mass is 10.2. The van der Waals surface area contributed by atoms with E-state index < -0.39 is 0 Å². The number of piperazine rings is 1. The van der Waals surface area contributed by atoms with Crippen LogP contribution in [0.3, 0.4) is 0 Å². The SMILES string of the molecule is COCCCOCCOCCOCN1CCN(CCCC(=O)NCN)CC1. The van der Waals surface area contributed by atoms with E-state index in [0.29, 0.717) is 46.2 Å². The molecule has 160 valence electrons. The van der Waals surface area contributed by atoms with E-state index >= 15 is 0 Å². The van der Waals surface area contributed by atoms with Gasteiger partial charge in [0, 0.05) is 52.9 Å². The van der Waals surface area contributed by atoms with Crippen molar-refractivity contribution < 1.29 is 23.7 Å². The Labute approximate surface area is 163 Å². The Morgan fingerprint density at radius 3 is 2.19 bits per heavy atom. The van der Waals surface area contributed by atoms with Crippen LogP contribution in [0.1, 0.15) is 19.3 Å². The minimum absolute atomic E-state index is 0.0319. The molecule has 0 aromatic carbocycles. The molecule has 0 spiro atoms. The molecule has 1 fully saturated rings. The number of nitrogens with one attached hydrogen (secondary N) is 1. The average molecular weight is 391 g/mol. The number of carbonyl (C=O) groups is 1. The summed E-state index contributed by atoms with van der Waals surface area (Å²) < 4.78 is 21.5. The maximum atomic E-state index is 11.4. The van der Waals surface area contributed by atoms with E-state index in [1.165, 1.54) is 0 Å². The summed E-state index contributed by atoms with van der Waals surface area (Å²) in [7, 11) is 1.69. The molecule has 1 heterocycles. The van der Waals surface area contributed by atoms with E-state index in [2.05, 4.69) is 15.1 Å². The number of rotatable bonds is 17. The Morgan fingerprint density at radius 1 is 0.889 bits per heavy atom. The molecule has 0 bridgehead atoms. The molecule has 1 amide bonds. The molecule has 1 saturated heterocycles. The molecule has 0 atom stereocenters. The number of amides is 1. The number of hydrogen-bond donors (Lipinski definition) is 2. The van der Waals surface area contributed by atoms with Gasteiger partial charge in [-0.25, -0.2) is 0 Å². The monoisotopic (exact) mass is 390 g/mol. The minimum Gasteiger partial charge on any atom is -0.385 e. The lowest BCUT2D eigenvalue weighted by molar-refractivity contribution is -0.121. The van der Waals surface area contributed by atoms with Gasteiger partial charge in [-0.1, -0.05) is 0 Å². The molecular weight excluding hydrogens is 352 g/mol. The summed E-state index contributed by atoms with van der Waals surface area (Å²) >= 11 is 0. The lowest BCUT2D eigenvalue weighted by Gasteiger charge is -2.34. The fourth-order valence-corrected chi connectivity index (χ4v) is 2.75. The van der Waals surface area contributed by atoms with E-state index in [-0.39, 0.29) is 12.6 Å². The molecule has 1 rings (SSSR count). The molecule has 9 heteroatoms. The number of methoxy groups -OCH3 is 1. The third-order valence-corrected chi connectivity index (χ3v) is 4.30. The van der Waals surface area contributed by atoms with Crippen molar-refractivity contribution in [2.45, 2.75) is 19.3 Å². The lowest BCUT2D eigenvalue weighted by Crippen LogP contribution is -2.47. The Balaban J connectivity index is 1.85. The quantitative estimate of drug-likeness (QED) is 0.252. The second-order valence-electron chi connectivity index (χ2n) is 6.48. The molecule has 0 aliphatic carbocycles. The number of nitrogens with two attached hydrogens (primary N) is 1. The van der Waals surface area contributed by atoms with Gasteiger partial charge in [0.25, 0.3) is 0 Å².